The summed E-state index contributed by atoms with van der Waals surface area (Å²) in [6.07, 6.45) is 0.995. The van der Waals surface area contributed by atoms with Gasteiger partial charge in [-0.3, -0.25) is 4.79 Å². The second-order valence-electron chi connectivity index (χ2n) is 4.40. The number of allylic oxidation sites excluding steroid dienone is 1. The fourth-order valence-corrected chi connectivity index (χ4v) is 1.67. The van der Waals surface area contributed by atoms with Crippen molar-refractivity contribution in [3.63, 3.8) is 0 Å². The minimum absolute atomic E-state index is 0.0601. The Morgan fingerprint density at radius 1 is 1.33 bits per heavy atom. The molecule has 1 aromatic carbocycles. The van der Waals surface area contributed by atoms with Crippen LogP contribution in [0.15, 0.2) is 30.0 Å². The molecule has 1 rings (SSSR count). The predicted molar refractivity (Wildman–Crippen MR) is 73.8 cm³/mol. The van der Waals surface area contributed by atoms with Crippen molar-refractivity contribution in [1.82, 2.24) is 5.32 Å². The summed E-state index contributed by atoms with van der Waals surface area (Å²) in [4.78, 5) is 23.2. The van der Waals surface area contributed by atoms with Crippen molar-refractivity contribution in [2.24, 2.45) is 0 Å². The highest BCUT2D eigenvalue weighted by atomic mass is 16.5. The summed E-state index contributed by atoms with van der Waals surface area (Å²) >= 11 is 0. The van der Waals surface area contributed by atoms with E-state index in [0.717, 1.165) is 6.08 Å². The molecule has 0 radical (unpaired) electrons. The minimum atomic E-state index is -0.984. The van der Waals surface area contributed by atoms with Crippen LogP contribution in [-0.4, -0.2) is 40.3 Å². The number of benzene rings is 1. The molecule has 0 aromatic heterocycles. The van der Waals surface area contributed by atoms with E-state index in [1.54, 1.807) is 0 Å². The predicted octanol–water partition coefficient (Wildman–Crippen LogP) is 0.760. The van der Waals surface area contributed by atoms with Crippen molar-refractivity contribution in [3.05, 3.63) is 35.6 Å². The summed E-state index contributed by atoms with van der Waals surface area (Å²) in [7, 11) is 1.18. The Hall–Kier alpha value is -2.70. The number of aliphatic hydroxyl groups is 1. The van der Waals surface area contributed by atoms with Crippen LogP contribution in [0.5, 0.6) is 11.5 Å². The topological polar surface area (TPSA) is 116 Å². The van der Waals surface area contributed by atoms with Gasteiger partial charge in [0.05, 0.1) is 12.9 Å². The molecule has 1 atom stereocenters. The molecule has 0 bridgehead atoms. The second-order valence-corrected chi connectivity index (χ2v) is 4.40. The summed E-state index contributed by atoms with van der Waals surface area (Å²) in [6, 6.07) is 3.08. The SMILES string of the molecule is COC(=O)C(Cc1ccc(O)c(O)c1)NC(=O)/C=C(/C)O. The van der Waals surface area contributed by atoms with Gasteiger partial charge in [0.1, 0.15) is 6.04 Å². The lowest BCUT2D eigenvalue weighted by Gasteiger charge is -2.16. The molecule has 0 aliphatic heterocycles. The van der Waals surface area contributed by atoms with Gasteiger partial charge in [-0.15, -0.1) is 0 Å². The summed E-state index contributed by atoms with van der Waals surface area (Å²) < 4.78 is 4.60. The average Bonchev–Trinajstić information content (AvgIpc) is 2.40. The number of amides is 1. The minimum Gasteiger partial charge on any atom is -0.512 e. The first-order valence-corrected chi connectivity index (χ1v) is 6.10. The fraction of sp³-hybridized carbons (Fsp3) is 0.286. The fourth-order valence-electron chi connectivity index (χ4n) is 1.67. The number of phenols is 2. The van der Waals surface area contributed by atoms with Crippen LogP contribution in [0, 0.1) is 0 Å². The molecule has 0 saturated carbocycles. The molecule has 7 nitrogen and oxygen atoms in total. The number of aromatic hydroxyl groups is 2. The summed E-state index contributed by atoms with van der Waals surface area (Å²) in [6.45, 7) is 1.32. The third kappa shape index (κ3) is 5.06. The van der Waals surface area contributed by atoms with Crippen LogP contribution in [0.1, 0.15) is 12.5 Å². The van der Waals surface area contributed by atoms with Crippen molar-refractivity contribution in [1.29, 1.82) is 0 Å². The normalized spacial score (nSPS) is 12.6. The number of ether oxygens (including phenoxy) is 1. The Bertz CT molecular complexity index is 563. The first-order valence-electron chi connectivity index (χ1n) is 6.10. The Balaban J connectivity index is 2.88. The Morgan fingerprint density at radius 2 is 2.00 bits per heavy atom. The smallest absolute Gasteiger partial charge is 0.328 e. The molecule has 0 heterocycles. The number of nitrogens with one attached hydrogen (secondary N) is 1. The van der Waals surface area contributed by atoms with E-state index in [-0.39, 0.29) is 23.7 Å². The second kappa shape index (κ2) is 7.18. The van der Waals surface area contributed by atoms with Gasteiger partial charge in [-0.2, -0.15) is 0 Å². The maximum Gasteiger partial charge on any atom is 0.328 e. The van der Waals surface area contributed by atoms with E-state index in [2.05, 4.69) is 10.1 Å². The highest BCUT2D eigenvalue weighted by Gasteiger charge is 2.21. The van der Waals surface area contributed by atoms with Crippen molar-refractivity contribution < 1.29 is 29.6 Å². The molecular formula is C14H17NO6. The zero-order valence-electron chi connectivity index (χ0n) is 11.7. The Kier molecular flexibility index (Phi) is 5.59. The molecule has 4 N–H and O–H groups in total. The maximum absolute atomic E-state index is 11.7. The van der Waals surface area contributed by atoms with Gasteiger partial charge >= 0.3 is 5.97 Å². The van der Waals surface area contributed by atoms with Crippen LogP contribution >= 0.6 is 0 Å². The zero-order valence-corrected chi connectivity index (χ0v) is 11.7. The van der Waals surface area contributed by atoms with E-state index in [0.29, 0.717) is 5.56 Å². The van der Waals surface area contributed by atoms with Crippen LogP contribution in [0.3, 0.4) is 0 Å². The van der Waals surface area contributed by atoms with Gasteiger partial charge in [0.2, 0.25) is 5.91 Å². The van der Waals surface area contributed by atoms with Crippen LogP contribution in [-0.2, 0) is 20.7 Å². The van der Waals surface area contributed by atoms with Crippen molar-refractivity contribution >= 4 is 11.9 Å². The maximum atomic E-state index is 11.7. The van der Waals surface area contributed by atoms with Gasteiger partial charge in [-0.25, -0.2) is 4.79 Å². The number of hydrogen-bond donors (Lipinski definition) is 4. The third-order valence-corrected chi connectivity index (χ3v) is 2.62. The molecule has 114 valence electrons. The van der Waals surface area contributed by atoms with E-state index in [1.807, 2.05) is 0 Å². The molecular weight excluding hydrogens is 278 g/mol. The third-order valence-electron chi connectivity index (χ3n) is 2.62. The Labute approximate surface area is 121 Å². The molecule has 7 heteroatoms. The highest BCUT2D eigenvalue weighted by Crippen LogP contribution is 2.25. The molecule has 1 amide bonds. The monoisotopic (exact) mass is 295 g/mol. The Morgan fingerprint density at radius 3 is 2.52 bits per heavy atom. The van der Waals surface area contributed by atoms with E-state index in [4.69, 9.17) is 5.11 Å². The number of carbonyl (C=O) groups excluding carboxylic acids is 2. The van der Waals surface area contributed by atoms with E-state index >= 15 is 0 Å². The molecule has 0 saturated heterocycles. The van der Waals surface area contributed by atoms with Gasteiger partial charge in [0.25, 0.3) is 0 Å². The lowest BCUT2D eigenvalue weighted by atomic mass is 10.1. The summed E-state index contributed by atoms with van der Waals surface area (Å²) in [5.74, 6) is -2.11. The van der Waals surface area contributed by atoms with E-state index in [9.17, 15) is 19.8 Å². The van der Waals surface area contributed by atoms with E-state index < -0.39 is 17.9 Å². The number of esters is 1. The van der Waals surface area contributed by atoms with Crippen LogP contribution in [0.4, 0.5) is 0 Å². The van der Waals surface area contributed by atoms with Gasteiger partial charge in [-0.05, 0) is 24.6 Å². The number of hydrogen-bond acceptors (Lipinski definition) is 6. The van der Waals surface area contributed by atoms with Gasteiger partial charge in [0, 0.05) is 12.5 Å². The molecule has 0 aliphatic rings. The molecule has 21 heavy (non-hydrogen) atoms. The number of carbonyl (C=O) groups is 2. The standard InChI is InChI=1S/C14H17NO6/c1-8(16)5-13(19)15-10(14(20)21-2)6-9-3-4-11(17)12(18)7-9/h3-5,7,10,16-18H,6H2,1-2H3,(H,15,19)/b8-5-. The number of methoxy groups -OCH3 is 1. The first-order chi connectivity index (χ1) is 9.83. The average molecular weight is 295 g/mol. The highest BCUT2D eigenvalue weighted by molar-refractivity contribution is 5.91. The number of aliphatic hydroxyl groups excluding tert-OH is 1. The molecule has 0 aliphatic carbocycles. The van der Waals surface area contributed by atoms with Crippen LogP contribution < -0.4 is 5.32 Å². The zero-order chi connectivity index (χ0) is 16.0. The lowest BCUT2D eigenvalue weighted by Crippen LogP contribution is -2.42. The number of phenolic OH excluding ortho intramolecular Hbond substituents is 2. The van der Waals surface area contributed by atoms with Gasteiger partial charge in [-0.1, -0.05) is 6.07 Å². The molecule has 1 unspecified atom stereocenters. The van der Waals surface area contributed by atoms with Gasteiger partial charge < -0.3 is 25.4 Å². The van der Waals surface area contributed by atoms with Crippen LogP contribution in [0.25, 0.3) is 0 Å². The summed E-state index contributed by atoms with van der Waals surface area (Å²) in [5, 5.41) is 30.0. The largest absolute Gasteiger partial charge is 0.512 e. The molecule has 0 fully saturated rings. The lowest BCUT2D eigenvalue weighted by molar-refractivity contribution is -0.144. The molecule has 0 spiro atoms. The number of rotatable bonds is 5. The van der Waals surface area contributed by atoms with Crippen molar-refractivity contribution in [3.8, 4) is 11.5 Å². The van der Waals surface area contributed by atoms with Crippen molar-refractivity contribution in [2.45, 2.75) is 19.4 Å². The first kappa shape index (κ1) is 16.4. The van der Waals surface area contributed by atoms with Crippen molar-refractivity contribution in [2.75, 3.05) is 7.11 Å². The summed E-state index contributed by atoms with van der Waals surface area (Å²) in [5.41, 5.74) is 0.519. The van der Waals surface area contributed by atoms with E-state index in [1.165, 1.54) is 32.2 Å². The van der Waals surface area contributed by atoms with Gasteiger partial charge in [0.15, 0.2) is 11.5 Å². The quantitative estimate of drug-likeness (QED) is 0.276. The molecule has 1 aromatic rings. The van der Waals surface area contributed by atoms with Crippen LogP contribution in [0.2, 0.25) is 0 Å².